The average Bonchev–Trinajstić information content (AvgIpc) is 2.65. The first kappa shape index (κ1) is 14.4. The van der Waals surface area contributed by atoms with Crippen LogP contribution in [0.5, 0.6) is 0 Å². The van der Waals surface area contributed by atoms with Crippen molar-refractivity contribution in [3.63, 3.8) is 0 Å². The molecule has 2 nitrogen and oxygen atoms in total. The van der Waals surface area contributed by atoms with E-state index in [0.717, 1.165) is 13.0 Å². The van der Waals surface area contributed by atoms with E-state index in [-0.39, 0.29) is 16.7 Å². The summed E-state index contributed by atoms with van der Waals surface area (Å²) in [6, 6.07) is 8.70. The number of alkyl halides is 1. The van der Waals surface area contributed by atoms with Gasteiger partial charge in [0.1, 0.15) is 0 Å². The summed E-state index contributed by atoms with van der Waals surface area (Å²) < 4.78 is 0. The maximum absolute atomic E-state index is 11.6. The van der Waals surface area contributed by atoms with Crippen molar-refractivity contribution in [3.8, 4) is 0 Å². The van der Waals surface area contributed by atoms with Crippen LogP contribution in [0.2, 0.25) is 0 Å². The summed E-state index contributed by atoms with van der Waals surface area (Å²) in [5.41, 5.74) is 2.81. The maximum atomic E-state index is 11.6. The molecule has 19 heavy (non-hydrogen) atoms. The number of amides is 1. The van der Waals surface area contributed by atoms with Crippen LogP contribution in [0.15, 0.2) is 24.3 Å². The maximum Gasteiger partial charge on any atom is 0.224 e. The number of likely N-dealkylation sites (tertiary alicyclic amines) is 1. The molecule has 0 radical (unpaired) electrons. The van der Waals surface area contributed by atoms with Gasteiger partial charge >= 0.3 is 0 Å². The van der Waals surface area contributed by atoms with Gasteiger partial charge in [-0.15, -0.1) is 11.6 Å². The number of benzene rings is 1. The molecule has 1 unspecified atom stereocenters. The van der Waals surface area contributed by atoms with Gasteiger partial charge in [0.2, 0.25) is 5.91 Å². The lowest BCUT2D eigenvalue weighted by atomic mass is 9.86. The largest absolute Gasteiger partial charge is 0.341 e. The van der Waals surface area contributed by atoms with Crippen molar-refractivity contribution < 1.29 is 4.79 Å². The van der Waals surface area contributed by atoms with Gasteiger partial charge in [0.05, 0.1) is 5.38 Å². The highest BCUT2D eigenvalue weighted by Crippen LogP contribution is 2.22. The molecule has 1 aromatic carbocycles. The van der Waals surface area contributed by atoms with Crippen LogP contribution in [-0.4, -0.2) is 29.3 Å². The minimum Gasteiger partial charge on any atom is -0.341 e. The normalized spacial score (nSPS) is 20.1. The van der Waals surface area contributed by atoms with Crippen molar-refractivity contribution in [1.82, 2.24) is 4.90 Å². The minimum absolute atomic E-state index is 0.00392. The Hall–Kier alpha value is -1.02. The fourth-order valence-corrected chi connectivity index (χ4v) is 2.67. The first-order valence-corrected chi connectivity index (χ1v) is 7.31. The van der Waals surface area contributed by atoms with E-state index in [9.17, 15) is 4.79 Å². The van der Waals surface area contributed by atoms with Crippen molar-refractivity contribution >= 4 is 17.5 Å². The third-order valence-corrected chi connectivity index (χ3v) is 3.95. The zero-order valence-electron chi connectivity index (χ0n) is 11.9. The van der Waals surface area contributed by atoms with Gasteiger partial charge in [-0.05, 0) is 23.0 Å². The number of nitrogens with zero attached hydrogens (tertiary/aromatic N) is 1. The van der Waals surface area contributed by atoms with E-state index in [1.54, 1.807) is 0 Å². The molecule has 2 rings (SSSR count). The van der Waals surface area contributed by atoms with Gasteiger partial charge in [-0.3, -0.25) is 4.79 Å². The molecular weight excluding hydrogens is 258 g/mol. The lowest BCUT2D eigenvalue weighted by molar-refractivity contribution is -0.127. The van der Waals surface area contributed by atoms with E-state index < -0.39 is 0 Å². The van der Waals surface area contributed by atoms with Crippen molar-refractivity contribution in [2.75, 3.05) is 13.1 Å². The monoisotopic (exact) mass is 279 g/mol. The van der Waals surface area contributed by atoms with Gasteiger partial charge in [0.15, 0.2) is 0 Å². The second kappa shape index (κ2) is 5.54. The van der Waals surface area contributed by atoms with Crippen molar-refractivity contribution in [3.05, 3.63) is 35.4 Å². The SMILES string of the molecule is CC(C)(C)c1ccc(CCN2CC(Cl)CC2=O)cc1. The summed E-state index contributed by atoms with van der Waals surface area (Å²) in [4.78, 5) is 13.5. The Labute approximate surface area is 120 Å². The molecule has 1 aliphatic rings. The van der Waals surface area contributed by atoms with Crippen LogP contribution >= 0.6 is 11.6 Å². The van der Waals surface area contributed by atoms with E-state index >= 15 is 0 Å². The third kappa shape index (κ3) is 3.73. The molecule has 0 spiro atoms. The molecule has 1 atom stereocenters. The van der Waals surface area contributed by atoms with Crippen LogP contribution in [0.1, 0.15) is 38.3 Å². The van der Waals surface area contributed by atoms with Gasteiger partial charge in [-0.2, -0.15) is 0 Å². The molecule has 1 saturated heterocycles. The van der Waals surface area contributed by atoms with Crippen LogP contribution < -0.4 is 0 Å². The highest BCUT2D eigenvalue weighted by molar-refractivity contribution is 6.22. The lowest BCUT2D eigenvalue weighted by Crippen LogP contribution is -2.27. The zero-order valence-corrected chi connectivity index (χ0v) is 12.7. The number of carbonyl (C=O) groups is 1. The summed E-state index contributed by atoms with van der Waals surface area (Å²) in [5.74, 6) is 0.186. The molecule has 3 heteroatoms. The minimum atomic E-state index is -0.00392. The molecule has 0 aromatic heterocycles. The summed E-state index contributed by atoms with van der Waals surface area (Å²) >= 11 is 5.99. The summed E-state index contributed by atoms with van der Waals surface area (Å²) in [7, 11) is 0. The Morgan fingerprint density at radius 2 is 1.89 bits per heavy atom. The second-order valence-electron chi connectivity index (χ2n) is 6.34. The first-order valence-electron chi connectivity index (χ1n) is 6.87. The molecular formula is C16H22ClNO. The molecule has 0 N–H and O–H groups in total. The summed E-state index contributed by atoms with van der Waals surface area (Å²) in [6.45, 7) is 8.11. The quantitative estimate of drug-likeness (QED) is 0.777. The second-order valence-corrected chi connectivity index (χ2v) is 6.96. The molecule has 1 aromatic rings. The van der Waals surface area contributed by atoms with E-state index in [4.69, 9.17) is 11.6 Å². The first-order chi connectivity index (χ1) is 8.86. The summed E-state index contributed by atoms with van der Waals surface area (Å²) in [5, 5.41) is -0.00392. The van der Waals surface area contributed by atoms with Crippen molar-refractivity contribution in [1.29, 1.82) is 0 Å². The highest BCUT2D eigenvalue weighted by Gasteiger charge is 2.27. The topological polar surface area (TPSA) is 20.3 Å². The van der Waals surface area contributed by atoms with E-state index in [0.29, 0.717) is 13.0 Å². The Kier molecular flexibility index (Phi) is 4.19. The molecule has 1 fully saturated rings. The molecule has 1 aliphatic heterocycles. The van der Waals surface area contributed by atoms with Crippen LogP contribution in [-0.2, 0) is 16.6 Å². The van der Waals surface area contributed by atoms with Crippen LogP contribution in [0, 0.1) is 0 Å². The van der Waals surface area contributed by atoms with Gasteiger partial charge in [0, 0.05) is 19.5 Å². The van der Waals surface area contributed by atoms with Crippen LogP contribution in [0.4, 0.5) is 0 Å². The van der Waals surface area contributed by atoms with Gasteiger partial charge in [0.25, 0.3) is 0 Å². The Balaban J connectivity index is 1.92. The van der Waals surface area contributed by atoms with Gasteiger partial charge in [-0.25, -0.2) is 0 Å². The lowest BCUT2D eigenvalue weighted by Gasteiger charge is -2.20. The van der Waals surface area contributed by atoms with Crippen LogP contribution in [0.25, 0.3) is 0 Å². The number of carbonyl (C=O) groups excluding carboxylic acids is 1. The van der Waals surface area contributed by atoms with E-state index in [1.165, 1.54) is 11.1 Å². The standard InChI is InChI=1S/C16H22ClNO/c1-16(2,3)13-6-4-12(5-7-13)8-9-18-11-14(17)10-15(18)19/h4-7,14H,8-11H2,1-3H3. The Morgan fingerprint density at radius 1 is 1.26 bits per heavy atom. The fourth-order valence-electron chi connectivity index (χ4n) is 2.38. The zero-order chi connectivity index (χ0) is 14.0. The predicted octanol–water partition coefficient (Wildman–Crippen LogP) is 3.37. The van der Waals surface area contributed by atoms with E-state index in [2.05, 4.69) is 45.0 Å². The van der Waals surface area contributed by atoms with Gasteiger partial charge in [-0.1, -0.05) is 45.0 Å². The molecule has 0 bridgehead atoms. The number of rotatable bonds is 3. The Bertz CT molecular complexity index is 447. The van der Waals surface area contributed by atoms with E-state index in [1.807, 2.05) is 4.90 Å². The number of hydrogen-bond donors (Lipinski definition) is 0. The number of hydrogen-bond acceptors (Lipinski definition) is 1. The molecule has 0 saturated carbocycles. The summed E-state index contributed by atoms with van der Waals surface area (Å²) in [6.07, 6.45) is 1.39. The molecule has 1 amide bonds. The third-order valence-electron chi connectivity index (χ3n) is 3.66. The predicted molar refractivity (Wildman–Crippen MR) is 79.7 cm³/mol. The molecule has 104 valence electrons. The number of halogens is 1. The van der Waals surface area contributed by atoms with Crippen LogP contribution in [0.3, 0.4) is 0 Å². The molecule has 0 aliphatic carbocycles. The van der Waals surface area contributed by atoms with Gasteiger partial charge < -0.3 is 4.90 Å². The smallest absolute Gasteiger partial charge is 0.224 e. The fraction of sp³-hybridized carbons (Fsp3) is 0.562. The van der Waals surface area contributed by atoms with Crippen molar-refractivity contribution in [2.45, 2.75) is 44.4 Å². The highest BCUT2D eigenvalue weighted by atomic mass is 35.5. The average molecular weight is 280 g/mol. The molecule has 1 heterocycles. The van der Waals surface area contributed by atoms with Crippen molar-refractivity contribution in [2.24, 2.45) is 0 Å². The Morgan fingerprint density at radius 3 is 2.37 bits per heavy atom.